The smallest absolute Gasteiger partial charge is 0.406 e. The second-order valence-electron chi connectivity index (χ2n) is 4.32. The van der Waals surface area contributed by atoms with Crippen LogP contribution in [-0.2, 0) is 5.41 Å². The van der Waals surface area contributed by atoms with Crippen LogP contribution in [0, 0.1) is 0 Å². The predicted octanol–water partition coefficient (Wildman–Crippen LogP) is 3.88. The molecule has 0 aliphatic rings. The lowest BCUT2D eigenvalue weighted by Gasteiger charge is -2.19. The molecule has 0 spiro atoms. The Morgan fingerprint density at radius 3 is 1.73 bits per heavy atom. The van der Waals surface area contributed by atoms with E-state index in [0.29, 0.717) is 0 Å². The van der Waals surface area contributed by atoms with Crippen LogP contribution in [0.15, 0.2) is 24.3 Å². The second-order valence-corrected chi connectivity index (χ2v) is 4.32. The van der Waals surface area contributed by atoms with E-state index < -0.39 is 6.36 Å². The molecule has 4 heteroatoms. The molecule has 0 atom stereocenters. The highest BCUT2D eigenvalue weighted by Crippen LogP contribution is 2.27. The maximum absolute atomic E-state index is 11.9. The van der Waals surface area contributed by atoms with Crippen LogP contribution in [0.1, 0.15) is 26.3 Å². The fourth-order valence-electron chi connectivity index (χ4n) is 1.16. The molecule has 0 aliphatic carbocycles. The normalized spacial score (nSPS) is 12.7. The van der Waals surface area contributed by atoms with E-state index in [-0.39, 0.29) is 11.2 Å². The van der Waals surface area contributed by atoms with Crippen LogP contribution in [-0.4, -0.2) is 6.36 Å². The summed E-state index contributed by atoms with van der Waals surface area (Å²) in [7, 11) is 0. The summed E-state index contributed by atoms with van der Waals surface area (Å²) >= 11 is 0. The van der Waals surface area contributed by atoms with E-state index in [1.165, 1.54) is 12.1 Å². The van der Waals surface area contributed by atoms with Gasteiger partial charge in [0, 0.05) is 0 Å². The van der Waals surface area contributed by atoms with Gasteiger partial charge in [-0.15, -0.1) is 13.2 Å². The van der Waals surface area contributed by atoms with Crippen LogP contribution in [0.5, 0.6) is 5.75 Å². The van der Waals surface area contributed by atoms with Crippen LogP contribution in [0.3, 0.4) is 0 Å². The van der Waals surface area contributed by atoms with Crippen molar-refractivity contribution in [3.8, 4) is 5.75 Å². The number of benzene rings is 1. The van der Waals surface area contributed by atoms with Gasteiger partial charge >= 0.3 is 6.36 Å². The SMILES string of the molecule is CC(C)(C)c1ccc(OC(F)(F)[18F])cc1. The van der Waals surface area contributed by atoms with Crippen molar-refractivity contribution in [3.05, 3.63) is 29.8 Å². The van der Waals surface area contributed by atoms with Crippen molar-refractivity contribution in [1.29, 1.82) is 0 Å². The Bertz CT molecular complexity index is 319. The van der Waals surface area contributed by atoms with Crippen molar-refractivity contribution >= 4 is 0 Å². The molecule has 0 saturated carbocycles. The van der Waals surface area contributed by atoms with Crippen molar-refractivity contribution < 1.29 is 17.9 Å². The van der Waals surface area contributed by atoms with Gasteiger partial charge in [-0.25, -0.2) is 0 Å². The Labute approximate surface area is 86.9 Å². The molecule has 84 valence electrons. The molecule has 0 bridgehead atoms. The molecular weight excluding hydrogens is 204 g/mol. The molecule has 0 radical (unpaired) electrons. The fraction of sp³-hybridized carbons (Fsp3) is 0.455. The van der Waals surface area contributed by atoms with E-state index in [1.54, 1.807) is 12.1 Å². The lowest BCUT2D eigenvalue weighted by molar-refractivity contribution is -0.274. The molecule has 0 aromatic heterocycles. The minimum absolute atomic E-state index is 0.0727. The van der Waals surface area contributed by atoms with E-state index in [0.717, 1.165) is 5.56 Å². The maximum Gasteiger partial charge on any atom is 0.573 e. The van der Waals surface area contributed by atoms with Crippen LogP contribution in [0.2, 0.25) is 0 Å². The topological polar surface area (TPSA) is 9.23 Å². The lowest BCUT2D eigenvalue weighted by Crippen LogP contribution is -2.17. The predicted molar refractivity (Wildman–Crippen MR) is 51.8 cm³/mol. The Hall–Kier alpha value is -1.19. The highest BCUT2D eigenvalue weighted by Gasteiger charge is 2.31. The largest absolute Gasteiger partial charge is 0.573 e. The summed E-state index contributed by atoms with van der Waals surface area (Å²) < 4.78 is 39.3. The summed E-state index contributed by atoms with van der Waals surface area (Å²) in [4.78, 5) is 0. The number of alkyl halides is 3. The average Bonchev–Trinajstić information content (AvgIpc) is 2.00. The summed E-state index contributed by atoms with van der Waals surface area (Å²) in [5.41, 5.74) is 0.897. The average molecular weight is 217 g/mol. The standard InChI is InChI=1S/C11H13F3O/c1-10(2,3)8-4-6-9(7-5-8)15-11(12,13)14/h4-7H,1-3H3/i12-1. The fourth-order valence-corrected chi connectivity index (χ4v) is 1.16. The van der Waals surface area contributed by atoms with E-state index in [2.05, 4.69) is 4.74 Å². The van der Waals surface area contributed by atoms with Crippen molar-refractivity contribution in [2.24, 2.45) is 0 Å². The van der Waals surface area contributed by atoms with E-state index in [1.807, 2.05) is 20.8 Å². The lowest BCUT2D eigenvalue weighted by atomic mass is 9.87. The number of hydrogen-bond donors (Lipinski definition) is 0. The van der Waals surface area contributed by atoms with Gasteiger partial charge in [0.1, 0.15) is 5.75 Å². The van der Waals surface area contributed by atoms with Crippen molar-refractivity contribution in [3.63, 3.8) is 0 Å². The van der Waals surface area contributed by atoms with Gasteiger partial charge in [-0.3, -0.25) is 0 Å². The first-order valence-electron chi connectivity index (χ1n) is 4.55. The first-order chi connectivity index (χ1) is 6.68. The van der Waals surface area contributed by atoms with Crippen LogP contribution >= 0.6 is 0 Å². The van der Waals surface area contributed by atoms with Crippen LogP contribution in [0.25, 0.3) is 0 Å². The van der Waals surface area contributed by atoms with Crippen molar-refractivity contribution in [1.82, 2.24) is 0 Å². The first-order valence-corrected chi connectivity index (χ1v) is 4.55. The third-order valence-electron chi connectivity index (χ3n) is 1.95. The van der Waals surface area contributed by atoms with Gasteiger partial charge in [0.25, 0.3) is 0 Å². The van der Waals surface area contributed by atoms with E-state index in [9.17, 15) is 13.2 Å². The van der Waals surface area contributed by atoms with Crippen molar-refractivity contribution in [2.45, 2.75) is 32.5 Å². The summed E-state index contributed by atoms with van der Waals surface area (Å²) in [6.45, 7) is 5.98. The van der Waals surface area contributed by atoms with Gasteiger partial charge in [-0.05, 0) is 23.1 Å². The van der Waals surface area contributed by atoms with Crippen molar-refractivity contribution in [2.75, 3.05) is 0 Å². The molecule has 1 nitrogen and oxygen atoms in total. The summed E-state index contributed by atoms with van der Waals surface area (Å²) in [5, 5.41) is 0. The minimum Gasteiger partial charge on any atom is -0.406 e. The number of hydrogen-bond acceptors (Lipinski definition) is 1. The number of rotatable bonds is 1. The summed E-state index contributed by atoms with van der Waals surface area (Å²) in [6.07, 6.45) is -4.62. The third kappa shape index (κ3) is 3.81. The highest BCUT2D eigenvalue weighted by molar-refractivity contribution is 5.31. The van der Waals surface area contributed by atoms with E-state index in [4.69, 9.17) is 0 Å². The highest BCUT2D eigenvalue weighted by atomic mass is 19.3. The third-order valence-corrected chi connectivity index (χ3v) is 1.95. The maximum atomic E-state index is 11.9. The number of halogens is 3. The van der Waals surface area contributed by atoms with Gasteiger partial charge in [-0.2, -0.15) is 0 Å². The Balaban J connectivity index is 2.82. The van der Waals surface area contributed by atoms with Gasteiger partial charge in [-0.1, -0.05) is 32.9 Å². The second kappa shape index (κ2) is 3.76. The molecular formula is C11H13F3O. The quantitative estimate of drug-likeness (QED) is 0.693. The molecule has 1 aromatic rings. The van der Waals surface area contributed by atoms with Gasteiger partial charge in [0.05, 0.1) is 0 Å². The monoisotopic (exact) mass is 217 g/mol. The van der Waals surface area contributed by atoms with Gasteiger partial charge in [0.2, 0.25) is 0 Å². The molecule has 0 aliphatic heterocycles. The molecule has 0 fully saturated rings. The first kappa shape index (κ1) is 11.9. The van der Waals surface area contributed by atoms with Gasteiger partial charge < -0.3 is 4.74 Å². The summed E-state index contributed by atoms with van der Waals surface area (Å²) in [6, 6.07) is 5.93. The molecule has 0 N–H and O–H groups in total. The molecule has 0 unspecified atom stereocenters. The zero-order valence-corrected chi connectivity index (χ0v) is 8.85. The molecule has 1 aromatic carbocycles. The zero-order chi connectivity index (χ0) is 11.7. The molecule has 1 rings (SSSR count). The Kier molecular flexibility index (Phi) is 2.98. The van der Waals surface area contributed by atoms with Crippen LogP contribution < -0.4 is 4.74 Å². The molecule has 0 amide bonds. The van der Waals surface area contributed by atoms with Gasteiger partial charge in [0.15, 0.2) is 0 Å². The number of ether oxygens (including phenoxy) is 1. The summed E-state index contributed by atoms with van der Waals surface area (Å²) in [5.74, 6) is -0.185. The molecule has 0 heterocycles. The van der Waals surface area contributed by atoms with E-state index >= 15 is 0 Å². The Morgan fingerprint density at radius 2 is 1.40 bits per heavy atom. The molecule has 0 saturated heterocycles. The minimum atomic E-state index is -4.62. The molecule has 15 heavy (non-hydrogen) atoms. The zero-order valence-electron chi connectivity index (χ0n) is 8.85. The Morgan fingerprint density at radius 1 is 0.933 bits per heavy atom. The van der Waals surface area contributed by atoms with Crippen LogP contribution in [0.4, 0.5) is 13.2 Å².